The zero-order valence-corrected chi connectivity index (χ0v) is 22.1. The Kier molecular flexibility index (Phi) is 7.49. The number of aromatic nitrogens is 4. The van der Waals surface area contributed by atoms with Gasteiger partial charge >= 0.3 is 0 Å². The third-order valence-corrected chi connectivity index (χ3v) is 7.23. The lowest BCUT2D eigenvalue weighted by molar-refractivity contribution is -0.384. The molecule has 12 heteroatoms. The molecule has 2 aliphatic heterocycles. The molecule has 2 aromatic heterocycles. The third-order valence-electron chi connectivity index (χ3n) is 7.23. The van der Waals surface area contributed by atoms with E-state index in [1.54, 1.807) is 18.3 Å². The number of nitro benzene ring substituents is 1. The van der Waals surface area contributed by atoms with Crippen LogP contribution in [0.5, 0.6) is 0 Å². The van der Waals surface area contributed by atoms with Gasteiger partial charge in [0.1, 0.15) is 0 Å². The van der Waals surface area contributed by atoms with Crippen molar-refractivity contribution >= 4 is 40.6 Å². The predicted octanol–water partition coefficient (Wildman–Crippen LogP) is 4.06. The Morgan fingerprint density at radius 1 is 0.925 bits per heavy atom. The highest BCUT2D eigenvalue weighted by atomic mass is 16.6. The largest absolute Gasteiger partial charge is 0.378 e. The lowest BCUT2D eigenvalue weighted by Gasteiger charge is -2.30. The number of ether oxygens (including phenoxy) is 1. The molecule has 0 saturated carbocycles. The van der Waals surface area contributed by atoms with Gasteiger partial charge in [-0.2, -0.15) is 20.1 Å². The summed E-state index contributed by atoms with van der Waals surface area (Å²) in [4.78, 5) is 29.1. The second-order valence-electron chi connectivity index (χ2n) is 9.93. The van der Waals surface area contributed by atoms with Crippen molar-refractivity contribution in [2.75, 3.05) is 54.6 Å². The highest BCUT2D eigenvalue weighted by molar-refractivity contribution is 5.99. The molecule has 0 bridgehead atoms. The van der Waals surface area contributed by atoms with Crippen molar-refractivity contribution in [1.29, 1.82) is 0 Å². The number of para-hydroxylation sites is 1. The summed E-state index contributed by atoms with van der Waals surface area (Å²) in [6.07, 6.45) is 7.29. The number of hydrogen-bond donors (Lipinski definition) is 1. The van der Waals surface area contributed by atoms with Gasteiger partial charge in [-0.1, -0.05) is 30.3 Å². The number of morpholine rings is 1. The van der Waals surface area contributed by atoms with Gasteiger partial charge in [-0.3, -0.25) is 10.1 Å². The van der Waals surface area contributed by atoms with Crippen molar-refractivity contribution in [2.24, 2.45) is 5.10 Å². The first-order chi connectivity index (χ1) is 19.6. The molecule has 2 fully saturated rings. The Bertz CT molecular complexity index is 1470. The molecule has 0 atom stereocenters. The number of hydrogen-bond acceptors (Lipinski definition) is 10. The van der Waals surface area contributed by atoms with Gasteiger partial charge in [0.25, 0.3) is 5.69 Å². The number of piperidine rings is 1. The molecule has 2 saturated heterocycles. The van der Waals surface area contributed by atoms with Crippen molar-refractivity contribution < 1.29 is 9.66 Å². The van der Waals surface area contributed by atoms with E-state index in [0.717, 1.165) is 61.1 Å². The lowest BCUT2D eigenvalue weighted by atomic mass is 10.1. The Balaban J connectivity index is 1.24. The molecule has 0 aliphatic carbocycles. The molecular weight excluding hydrogens is 510 g/mol. The summed E-state index contributed by atoms with van der Waals surface area (Å²) in [5, 5.41) is 16.6. The van der Waals surface area contributed by atoms with Crippen LogP contribution in [0.3, 0.4) is 0 Å². The number of nitrogens with zero attached hydrogens (tertiary/aromatic N) is 8. The zero-order chi connectivity index (χ0) is 27.3. The third kappa shape index (κ3) is 5.71. The number of nitrogens with one attached hydrogen (secondary N) is 1. The van der Waals surface area contributed by atoms with E-state index in [0.29, 0.717) is 37.6 Å². The van der Waals surface area contributed by atoms with Gasteiger partial charge in [-0.25, -0.2) is 5.43 Å². The van der Waals surface area contributed by atoms with Crippen molar-refractivity contribution in [3.63, 3.8) is 0 Å². The minimum absolute atomic E-state index is 0.0820. The first-order valence-corrected chi connectivity index (χ1v) is 13.6. The molecule has 4 aromatic rings. The maximum atomic E-state index is 11.0. The minimum Gasteiger partial charge on any atom is -0.378 e. The maximum Gasteiger partial charge on any atom is 0.269 e. The zero-order valence-electron chi connectivity index (χ0n) is 22.1. The number of nitro groups is 1. The molecule has 0 unspecified atom stereocenters. The van der Waals surface area contributed by atoms with E-state index in [2.05, 4.69) is 42.0 Å². The van der Waals surface area contributed by atoms with Crippen molar-refractivity contribution in [1.82, 2.24) is 19.5 Å². The van der Waals surface area contributed by atoms with Crippen LogP contribution in [0.15, 0.2) is 59.8 Å². The van der Waals surface area contributed by atoms with Crippen molar-refractivity contribution in [3.8, 4) is 0 Å². The van der Waals surface area contributed by atoms with Crippen molar-refractivity contribution in [2.45, 2.75) is 25.8 Å². The molecule has 206 valence electrons. The summed E-state index contributed by atoms with van der Waals surface area (Å²) >= 11 is 0. The van der Waals surface area contributed by atoms with Gasteiger partial charge in [0.05, 0.1) is 24.4 Å². The molecule has 6 rings (SSSR count). The minimum atomic E-state index is -0.387. The van der Waals surface area contributed by atoms with Gasteiger partial charge in [0.15, 0.2) is 0 Å². The SMILES string of the molecule is O=[N+]([O-])c1ccc(Cn2cc(/C=N/Nc3nc(N4CCCCC4)nc(N4CCOCC4)n3)c3ccccc32)cc1. The van der Waals surface area contributed by atoms with E-state index in [1.807, 2.05) is 18.3 Å². The van der Waals surface area contributed by atoms with Gasteiger partial charge in [0, 0.05) is 67.5 Å². The molecule has 0 radical (unpaired) electrons. The summed E-state index contributed by atoms with van der Waals surface area (Å²) in [6, 6.07) is 14.7. The van der Waals surface area contributed by atoms with Crippen LogP contribution in [0, 0.1) is 10.1 Å². The monoisotopic (exact) mass is 541 g/mol. The number of rotatable bonds is 8. The summed E-state index contributed by atoms with van der Waals surface area (Å²) in [7, 11) is 0. The molecule has 0 spiro atoms. The molecule has 12 nitrogen and oxygen atoms in total. The number of anilines is 3. The quantitative estimate of drug-likeness (QED) is 0.200. The van der Waals surface area contributed by atoms with E-state index in [9.17, 15) is 10.1 Å². The van der Waals surface area contributed by atoms with Crippen LogP contribution in [0.25, 0.3) is 10.9 Å². The fourth-order valence-corrected chi connectivity index (χ4v) is 5.13. The highest BCUT2D eigenvalue weighted by Crippen LogP contribution is 2.23. The van der Waals surface area contributed by atoms with E-state index in [-0.39, 0.29) is 10.6 Å². The summed E-state index contributed by atoms with van der Waals surface area (Å²) in [5.41, 5.74) is 6.08. The standard InChI is InChI=1S/C28H31N9O3/c38-37(39)23-10-8-21(9-11-23)19-36-20-22(24-6-2-3-7-25(24)36)18-29-33-26-30-27(34-12-4-1-5-13-34)32-28(31-26)35-14-16-40-17-15-35/h2-3,6-11,18,20H,1,4-5,12-17,19H2,(H,30,31,32,33)/b29-18+. The average molecular weight is 542 g/mol. The molecule has 2 aliphatic rings. The molecule has 40 heavy (non-hydrogen) atoms. The second kappa shape index (κ2) is 11.7. The lowest BCUT2D eigenvalue weighted by Crippen LogP contribution is -2.38. The van der Waals surface area contributed by atoms with Gasteiger partial charge in [-0.15, -0.1) is 0 Å². The molecular formula is C28H31N9O3. The smallest absolute Gasteiger partial charge is 0.269 e. The maximum absolute atomic E-state index is 11.0. The fraction of sp³-hybridized carbons (Fsp3) is 0.357. The Hall–Kier alpha value is -4.58. The highest BCUT2D eigenvalue weighted by Gasteiger charge is 2.20. The van der Waals surface area contributed by atoms with Gasteiger partial charge in [-0.05, 0) is 30.9 Å². The fourth-order valence-electron chi connectivity index (χ4n) is 5.13. The van der Waals surface area contributed by atoms with E-state index in [4.69, 9.17) is 14.7 Å². The van der Waals surface area contributed by atoms with Crippen LogP contribution in [-0.2, 0) is 11.3 Å². The Labute approximate surface area is 231 Å². The van der Waals surface area contributed by atoms with Crippen LogP contribution >= 0.6 is 0 Å². The molecule has 4 heterocycles. The molecule has 2 aromatic carbocycles. The number of hydrazone groups is 1. The predicted molar refractivity (Wildman–Crippen MR) is 154 cm³/mol. The Morgan fingerprint density at radius 2 is 1.62 bits per heavy atom. The van der Waals surface area contributed by atoms with E-state index < -0.39 is 0 Å². The first kappa shape index (κ1) is 25.7. The molecule has 1 N–H and O–H groups in total. The van der Waals surface area contributed by atoms with Crippen molar-refractivity contribution in [3.05, 3.63) is 76.0 Å². The molecule has 0 amide bonds. The summed E-state index contributed by atoms with van der Waals surface area (Å²) < 4.78 is 7.63. The van der Waals surface area contributed by atoms with E-state index >= 15 is 0 Å². The first-order valence-electron chi connectivity index (χ1n) is 13.6. The average Bonchev–Trinajstić information content (AvgIpc) is 3.35. The van der Waals surface area contributed by atoms with Crippen LogP contribution in [0.2, 0.25) is 0 Å². The van der Waals surface area contributed by atoms with E-state index in [1.165, 1.54) is 18.6 Å². The Morgan fingerprint density at radius 3 is 2.35 bits per heavy atom. The number of non-ortho nitro benzene ring substituents is 1. The van der Waals surface area contributed by atoms with Crippen LogP contribution < -0.4 is 15.2 Å². The van der Waals surface area contributed by atoms with Crippen LogP contribution in [-0.4, -0.2) is 70.0 Å². The normalized spacial score (nSPS) is 16.1. The summed E-state index contributed by atoms with van der Waals surface area (Å²) in [5.74, 6) is 1.72. The summed E-state index contributed by atoms with van der Waals surface area (Å²) in [6.45, 7) is 5.22. The van der Waals surface area contributed by atoms with Crippen LogP contribution in [0.1, 0.15) is 30.4 Å². The number of benzene rings is 2. The van der Waals surface area contributed by atoms with Gasteiger partial charge < -0.3 is 19.1 Å². The van der Waals surface area contributed by atoms with Gasteiger partial charge in [0.2, 0.25) is 17.8 Å². The number of fused-ring (bicyclic) bond motifs is 1. The second-order valence-corrected chi connectivity index (χ2v) is 9.93. The topological polar surface area (TPSA) is 127 Å². The van der Waals surface area contributed by atoms with Crippen LogP contribution in [0.4, 0.5) is 23.5 Å².